The summed E-state index contributed by atoms with van der Waals surface area (Å²) < 4.78 is 6.08. The SMILES string of the molecule is CNCc1c(Cl)cccc1Oc1ccc2c(c1)CCCC2. The highest BCUT2D eigenvalue weighted by molar-refractivity contribution is 6.31. The molecule has 0 saturated heterocycles. The summed E-state index contributed by atoms with van der Waals surface area (Å²) in [6, 6.07) is 12.2. The van der Waals surface area contributed by atoms with Gasteiger partial charge in [-0.1, -0.05) is 23.7 Å². The van der Waals surface area contributed by atoms with Crippen LogP contribution in [0.15, 0.2) is 36.4 Å². The lowest BCUT2D eigenvalue weighted by molar-refractivity contribution is 0.472. The number of hydrogen-bond donors (Lipinski definition) is 1. The summed E-state index contributed by atoms with van der Waals surface area (Å²) in [5.74, 6) is 1.72. The van der Waals surface area contributed by atoms with E-state index in [-0.39, 0.29) is 0 Å². The maximum absolute atomic E-state index is 6.27. The highest BCUT2D eigenvalue weighted by Gasteiger charge is 2.12. The third kappa shape index (κ3) is 3.22. The van der Waals surface area contributed by atoms with Crippen LogP contribution >= 0.6 is 11.6 Å². The molecule has 2 aromatic rings. The molecule has 0 fully saturated rings. The van der Waals surface area contributed by atoms with E-state index >= 15 is 0 Å². The van der Waals surface area contributed by atoms with E-state index < -0.39 is 0 Å². The van der Waals surface area contributed by atoms with Crippen molar-refractivity contribution in [3.05, 3.63) is 58.1 Å². The maximum Gasteiger partial charge on any atom is 0.133 e. The lowest BCUT2D eigenvalue weighted by atomic mass is 9.92. The number of aryl methyl sites for hydroxylation is 2. The van der Waals surface area contributed by atoms with Crippen molar-refractivity contribution in [1.82, 2.24) is 5.32 Å². The van der Waals surface area contributed by atoms with Gasteiger partial charge in [-0.25, -0.2) is 0 Å². The van der Waals surface area contributed by atoms with Crippen LogP contribution in [0.3, 0.4) is 0 Å². The van der Waals surface area contributed by atoms with Gasteiger partial charge in [-0.3, -0.25) is 0 Å². The summed E-state index contributed by atoms with van der Waals surface area (Å²) in [6.45, 7) is 0.694. The van der Waals surface area contributed by atoms with Gasteiger partial charge in [-0.2, -0.15) is 0 Å². The van der Waals surface area contributed by atoms with Gasteiger partial charge in [0.2, 0.25) is 0 Å². The molecule has 2 nitrogen and oxygen atoms in total. The predicted molar refractivity (Wildman–Crippen MR) is 87.4 cm³/mol. The molecule has 2 aromatic carbocycles. The Morgan fingerprint density at radius 2 is 1.90 bits per heavy atom. The fourth-order valence-corrected chi connectivity index (χ4v) is 3.12. The first-order valence-electron chi connectivity index (χ1n) is 7.49. The Bertz CT molecular complexity index is 639. The van der Waals surface area contributed by atoms with E-state index in [9.17, 15) is 0 Å². The van der Waals surface area contributed by atoms with Crippen molar-refractivity contribution in [2.75, 3.05) is 7.05 Å². The smallest absolute Gasteiger partial charge is 0.133 e. The van der Waals surface area contributed by atoms with Crippen molar-refractivity contribution in [1.29, 1.82) is 0 Å². The largest absolute Gasteiger partial charge is 0.457 e. The first-order chi connectivity index (χ1) is 10.3. The van der Waals surface area contributed by atoms with E-state index in [2.05, 4.69) is 23.5 Å². The molecule has 1 aliphatic carbocycles. The van der Waals surface area contributed by atoms with Crippen molar-refractivity contribution in [3.63, 3.8) is 0 Å². The molecule has 0 aromatic heterocycles. The molecular formula is C18H20ClNO. The van der Waals surface area contributed by atoms with Gasteiger partial charge in [0.05, 0.1) is 0 Å². The molecule has 0 radical (unpaired) electrons. The topological polar surface area (TPSA) is 21.3 Å². The number of ether oxygens (including phenoxy) is 1. The van der Waals surface area contributed by atoms with Gasteiger partial charge in [0, 0.05) is 17.1 Å². The minimum atomic E-state index is 0.694. The molecule has 0 atom stereocenters. The van der Waals surface area contributed by atoms with Crippen molar-refractivity contribution in [2.24, 2.45) is 0 Å². The zero-order valence-corrected chi connectivity index (χ0v) is 13.0. The third-order valence-electron chi connectivity index (χ3n) is 3.98. The molecule has 110 valence electrons. The summed E-state index contributed by atoms with van der Waals surface area (Å²) >= 11 is 6.27. The van der Waals surface area contributed by atoms with Gasteiger partial charge in [-0.05, 0) is 68.1 Å². The van der Waals surface area contributed by atoms with E-state index in [1.165, 1.54) is 30.4 Å². The van der Waals surface area contributed by atoms with Gasteiger partial charge in [0.25, 0.3) is 0 Å². The van der Waals surface area contributed by atoms with Crippen LogP contribution in [0, 0.1) is 0 Å². The van der Waals surface area contributed by atoms with Crippen LogP contribution in [-0.2, 0) is 19.4 Å². The molecule has 3 heteroatoms. The Morgan fingerprint density at radius 3 is 2.71 bits per heavy atom. The van der Waals surface area contributed by atoms with Crippen LogP contribution in [0.1, 0.15) is 29.5 Å². The van der Waals surface area contributed by atoms with Crippen LogP contribution in [0.25, 0.3) is 0 Å². The Hall–Kier alpha value is -1.51. The van der Waals surface area contributed by atoms with E-state index in [1.807, 2.05) is 25.2 Å². The molecular weight excluding hydrogens is 282 g/mol. The second-order valence-corrected chi connectivity index (χ2v) is 5.89. The quantitative estimate of drug-likeness (QED) is 0.881. The Labute approximate surface area is 131 Å². The summed E-state index contributed by atoms with van der Waals surface area (Å²) in [6.07, 6.45) is 4.93. The highest BCUT2D eigenvalue weighted by atomic mass is 35.5. The predicted octanol–water partition coefficient (Wildman–Crippen LogP) is 4.73. The molecule has 1 aliphatic rings. The van der Waals surface area contributed by atoms with Gasteiger partial charge in [0.15, 0.2) is 0 Å². The molecule has 0 aliphatic heterocycles. The first kappa shape index (κ1) is 14.4. The van der Waals surface area contributed by atoms with E-state index in [0.29, 0.717) is 6.54 Å². The lowest BCUT2D eigenvalue weighted by Gasteiger charge is -2.18. The number of fused-ring (bicyclic) bond motifs is 1. The summed E-state index contributed by atoms with van der Waals surface area (Å²) in [7, 11) is 1.91. The van der Waals surface area contributed by atoms with Crippen LogP contribution < -0.4 is 10.1 Å². The van der Waals surface area contributed by atoms with Crippen molar-refractivity contribution < 1.29 is 4.74 Å². The Kier molecular flexibility index (Phi) is 4.47. The van der Waals surface area contributed by atoms with E-state index in [0.717, 1.165) is 28.5 Å². The van der Waals surface area contributed by atoms with Gasteiger partial charge >= 0.3 is 0 Å². The third-order valence-corrected chi connectivity index (χ3v) is 4.33. The lowest BCUT2D eigenvalue weighted by Crippen LogP contribution is -2.07. The van der Waals surface area contributed by atoms with Gasteiger partial charge in [-0.15, -0.1) is 0 Å². The zero-order valence-electron chi connectivity index (χ0n) is 12.3. The first-order valence-corrected chi connectivity index (χ1v) is 7.87. The normalized spacial score (nSPS) is 13.8. The molecule has 1 N–H and O–H groups in total. The Morgan fingerprint density at radius 1 is 1.10 bits per heavy atom. The Balaban J connectivity index is 1.88. The fraction of sp³-hybridized carbons (Fsp3) is 0.333. The van der Waals surface area contributed by atoms with E-state index in [4.69, 9.17) is 16.3 Å². The summed E-state index contributed by atoms with van der Waals surface area (Å²) in [5, 5.41) is 3.87. The monoisotopic (exact) mass is 301 g/mol. The molecule has 0 saturated carbocycles. The second-order valence-electron chi connectivity index (χ2n) is 5.49. The number of halogens is 1. The van der Waals surface area contributed by atoms with Crippen molar-refractivity contribution >= 4 is 11.6 Å². The summed E-state index contributed by atoms with van der Waals surface area (Å²) in [5.41, 5.74) is 3.89. The second kappa shape index (κ2) is 6.50. The van der Waals surface area contributed by atoms with Crippen molar-refractivity contribution in [2.45, 2.75) is 32.2 Å². The maximum atomic E-state index is 6.27. The zero-order chi connectivity index (χ0) is 14.7. The molecule has 0 amide bonds. The highest BCUT2D eigenvalue weighted by Crippen LogP contribution is 2.32. The number of rotatable bonds is 4. The van der Waals surface area contributed by atoms with Gasteiger partial charge in [0.1, 0.15) is 11.5 Å². The molecule has 0 heterocycles. The average Bonchev–Trinajstić information content (AvgIpc) is 2.51. The molecule has 0 unspecified atom stereocenters. The van der Waals surface area contributed by atoms with Crippen LogP contribution in [0.2, 0.25) is 5.02 Å². The number of nitrogens with one attached hydrogen (secondary N) is 1. The minimum absolute atomic E-state index is 0.694. The molecule has 0 bridgehead atoms. The standard InChI is InChI=1S/C18H20ClNO/c1-20-12-16-17(19)7-4-8-18(16)21-15-10-9-13-5-2-3-6-14(13)11-15/h4,7-11,20H,2-3,5-6,12H2,1H3. The fourth-order valence-electron chi connectivity index (χ4n) is 2.88. The molecule has 0 spiro atoms. The average molecular weight is 302 g/mol. The van der Waals surface area contributed by atoms with Crippen LogP contribution in [-0.4, -0.2) is 7.05 Å². The molecule has 3 rings (SSSR count). The van der Waals surface area contributed by atoms with Gasteiger partial charge < -0.3 is 10.1 Å². The summed E-state index contributed by atoms with van der Waals surface area (Å²) in [4.78, 5) is 0. The van der Waals surface area contributed by atoms with Crippen LogP contribution in [0.4, 0.5) is 0 Å². The van der Waals surface area contributed by atoms with Crippen LogP contribution in [0.5, 0.6) is 11.5 Å². The minimum Gasteiger partial charge on any atom is -0.457 e. The number of hydrogen-bond acceptors (Lipinski definition) is 2. The number of benzene rings is 2. The van der Waals surface area contributed by atoms with Crippen molar-refractivity contribution in [3.8, 4) is 11.5 Å². The molecule has 21 heavy (non-hydrogen) atoms. The van der Waals surface area contributed by atoms with E-state index in [1.54, 1.807) is 0 Å².